The summed E-state index contributed by atoms with van der Waals surface area (Å²) >= 11 is 3.30. The van der Waals surface area contributed by atoms with Crippen molar-refractivity contribution in [2.75, 3.05) is 0 Å². The van der Waals surface area contributed by atoms with Gasteiger partial charge in [-0.15, -0.1) is 0 Å². The van der Waals surface area contributed by atoms with E-state index in [0.717, 1.165) is 12.1 Å². The molecule has 0 heterocycles. The second-order valence-corrected chi connectivity index (χ2v) is 5.19. The maximum absolute atomic E-state index is 13.5. The van der Waals surface area contributed by atoms with Crippen LogP contribution in [0.5, 0.6) is 11.5 Å². The number of aliphatic hydroxyl groups excluding tert-OH is 1. The molecule has 0 unspecified atom stereocenters. The van der Waals surface area contributed by atoms with E-state index < -0.39 is 22.5 Å². The van der Waals surface area contributed by atoms with Crippen LogP contribution in [-0.4, -0.2) is 10.0 Å². The van der Waals surface area contributed by atoms with Crippen molar-refractivity contribution in [3.8, 4) is 11.5 Å². The largest absolute Gasteiger partial charge is 0.457 e. The Kier molecular flexibility index (Phi) is 4.54. The molecule has 0 fully saturated rings. The summed E-state index contributed by atoms with van der Waals surface area (Å²) in [4.78, 5) is 9.73. The van der Waals surface area contributed by atoms with Crippen LogP contribution in [0.3, 0.4) is 0 Å². The highest BCUT2D eigenvalue weighted by molar-refractivity contribution is 9.10. The Hall–Kier alpha value is -1.99. The Labute approximate surface area is 128 Å². The smallest absolute Gasteiger partial charge is 0.305 e. The van der Waals surface area contributed by atoms with Crippen molar-refractivity contribution in [1.82, 2.24) is 0 Å². The molecule has 0 aliphatic heterocycles. The zero-order valence-corrected chi connectivity index (χ0v) is 12.5. The lowest BCUT2D eigenvalue weighted by Gasteiger charge is -2.10. The summed E-state index contributed by atoms with van der Waals surface area (Å²) in [5.41, 5.74) is 0.0882. The van der Waals surface area contributed by atoms with E-state index in [1.165, 1.54) is 6.07 Å². The number of nitro groups is 1. The number of benzene rings is 2. The second-order valence-electron chi connectivity index (χ2n) is 4.33. The van der Waals surface area contributed by atoms with E-state index >= 15 is 0 Å². The molecule has 0 aliphatic rings. The molecule has 0 saturated heterocycles. The van der Waals surface area contributed by atoms with Crippen LogP contribution in [-0.2, 0) is 0 Å². The standard InChI is InChI=1S/C14H11BrFNO4/c1-8(18)11-4-2-9(6-12(11)15)21-10-3-5-14(17(19)20)13(16)7-10/h2-8,18H,1H3/t8-/m0/s1. The minimum Gasteiger partial charge on any atom is -0.457 e. The normalized spacial score (nSPS) is 12.0. The average molecular weight is 356 g/mol. The minimum absolute atomic E-state index is 0.148. The fourth-order valence-electron chi connectivity index (χ4n) is 1.75. The topological polar surface area (TPSA) is 72.6 Å². The molecule has 110 valence electrons. The van der Waals surface area contributed by atoms with Crippen molar-refractivity contribution in [3.63, 3.8) is 0 Å². The van der Waals surface area contributed by atoms with E-state index in [2.05, 4.69) is 15.9 Å². The van der Waals surface area contributed by atoms with Crippen LogP contribution >= 0.6 is 15.9 Å². The van der Waals surface area contributed by atoms with Crippen LogP contribution in [0.2, 0.25) is 0 Å². The molecular formula is C14H11BrFNO4. The predicted octanol–water partition coefficient (Wildman–Crippen LogP) is 4.34. The lowest BCUT2D eigenvalue weighted by molar-refractivity contribution is -0.387. The summed E-state index contributed by atoms with van der Waals surface area (Å²) in [6, 6.07) is 8.23. The number of aliphatic hydroxyl groups is 1. The van der Waals surface area contributed by atoms with E-state index in [1.807, 2.05) is 0 Å². The highest BCUT2D eigenvalue weighted by atomic mass is 79.9. The first-order valence-electron chi connectivity index (χ1n) is 5.98. The van der Waals surface area contributed by atoms with Crippen molar-refractivity contribution in [3.05, 3.63) is 62.4 Å². The first-order chi connectivity index (χ1) is 9.88. The maximum Gasteiger partial charge on any atom is 0.305 e. The van der Waals surface area contributed by atoms with Crippen molar-refractivity contribution in [2.24, 2.45) is 0 Å². The lowest BCUT2D eigenvalue weighted by Crippen LogP contribution is -1.95. The van der Waals surface area contributed by atoms with Crippen LogP contribution in [0.25, 0.3) is 0 Å². The molecule has 7 heteroatoms. The van der Waals surface area contributed by atoms with Crippen LogP contribution in [0.15, 0.2) is 40.9 Å². The van der Waals surface area contributed by atoms with Gasteiger partial charge >= 0.3 is 5.69 Å². The van der Waals surface area contributed by atoms with E-state index in [4.69, 9.17) is 4.74 Å². The van der Waals surface area contributed by atoms with Gasteiger partial charge in [-0.3, -0.25) is 10.1 Å². The van der Waals surface area contributed by atoms with E-state index in [9.17, 15) is 19.6 Å². The van der Waals surface area contributed by atoms with Gasteiger partial charge in [-0.2, -0.15) is 4.39 Å². The number of rotatable bonds is 4. The molecule has 1 atom stereocenters. The van der Waals surface area contributed by atoms with E-state index in [0.29, 0.717) is 15.8 Å². The molecule has 0 bridgehead atoms. The van der Waals surface area contributed by atoms with Gasteiger partial charge in [0.2, 0.25) is 5.82 Å². The SMILES string of the molecule is C[C@H](O)c1ccc(Oc2ccc([N+](=O)[O-])c(F)c2)cc1Br. The molecule has 0 aromatic heterocycles. The zero-order chi connectivity index (χ0) is 15.6. The third kappa shape index (κ3) is 3.56. The first-order valence-corrected chi connectivity index (χ1v) is 6.77. The number of hydrogen-bond acceptors (Lipinski definition) is 4. The highest BCUT2D eigenvalue weighted by Gasteiger charge is 2.15. The fraction of sp³-hybridized carbons (Fsp3) is 0.143. The Morgan fingerprint density at radius 1 is 1.29 bits per heavy atom. The van der Waals surface area contributed by atoms with Crippen molar-refractivity contribution in [1.29, 1.82) is 0 Å². The predicted molar refractivity (Wildman–Crippen MR) is 77.9 cm³/mol. The molecule has 1 N–H and O–H groups in total. The molecule has 0 spiro atoms. The molecule has 0 radical (unpaired) electrons. The van der Waals surface area contributed by atoms with Gasteiger partial charge in [-0.05, 0) is 30.7 Å². The summed E-state index contributed by atoms with van der Waals surface area (Å²) in [5, 5.41) is 20.1. The molecule has 5 nitrogen and oxygen atoms in total. The summed E-state index contributed by atoms with van der Waals surface area (Å²) < 4.78 is 19.6. The summed E-state index contributed by atoms with van der Waals surface area (Å²) in [5.74, 6) is -0.397. The van der Waals surface area contributed by atoms with E-state index in [1.54, 1.807) is 25.1 Å². The van der Waals surface area contributed by atoms with E-state index in [-0.39, 0.29) is 5.75 Å². The van der Waals surface area contributed by atoms with Crippen LogP contribution in [0.1, 0.15) is 18.6 Å². The number of halogens is 2. The molecular weight excluding hydrogens is 345 g/mol. The maximum atomic E-state index is 13.5. The van der Waals surface area contributed by atoms with Gasteiger partial charge in [-0.25, -0.2) is 0 Å². The monoisotopic (exact) mass is 355 g/mol. The van der Waals surface area contributed by atoms with Gasteiger partial charge in [-0.1, -0.05) is 22.0 Å². The Bertz CT molecular complexity index is 691. The summed E-state index contributed by atoms with van der Waals surface area (Å²) in [6.07, 6.45) is -0.634. The second kappa shape index (κ2) is 6.19. The molecule has 0 aliphatic carbocycles. The molecule has 0 saturated carbocycles. The van der Waals surface area contributed by atoms with Crippen molar-refractivity contribution >= 4 is 21.6 Å². The average Bonchev–Trinajstić information content (AvgIpc) is 2.37. The van der Waals surface area contributed by atoms with Gasteiger partial charge in [0.15, 0.2) is 0 Å². The Balaban J connectivity index is 2.24. The third-order valence-corrected chi connectivity index (χ3v) is 3.46. The zero-order valence-electron chi connectivity index (χ0n) is 10.9. The molecule has 0 amide bonds. The molecule has 2 rings (SSSR count). The number of hydrogen-bond donors (Lipinski definition) is 1. The summed E-state index contributed by atoms with van der Waals surface area (Å²) in [6.45, 7) is 1.63. The lowest BCUT2D eigenvalue weighted by atomic mass is 10.1. The van der Waals surface area contributed by atoms with Crippen molar-refractivity contribution in [2.45, 2.75) is 13.0 Å². The molecule has 2 aromatic rings. The minimum atomic E-state index is -0.961. The number of nitrogens with zero attached hydrogens (tertiary/aromatic N) is 1. The third-order valence-electron chi connectivity index (χ3n) is 2.77. The van der Waals surface area contributed by atoms with Gasteiger partial charge in [0.05, 0.1) is 11.0 Å². The Morgan fingerprint density at radius 2 is 1.90 bits per heavy atom. The first kappa shape index (κ1) is 15.4. The summed E-state index contributed by atoms with van der Waals surface area (Å²) in [7, 11) is 0. The Morgan fingerprint density at radius 3 is 2.43 bits per heavy atom. The van der Waals surface area contributed by atoms with Crippen LogP contribution in [0.4, 0.5) is 10.1 Å². The fourth-order valence-corrected chi connectivity index (χ4v) is 2.43. The van der Waals surface area contributed by atoms with Crippen LogP contribution in [0, 0.1) is 15.9 Å². The van der Waals surface area contributed by atoms with Crippen LogP contribution < -0.4 is 4.74 Å². The highest BCUT2D eigenvalue weighted by Crippen LogP contribution is 2.31. The van der Waals surface area contributed by atoms with Gasteiger partial charge in [0.25, 0.3) is 0 Å². The quantitative estimate of drug-likeness (QED) is 0.653. The van der Waals surface area contributed by atoms with Gasteiger partial charge in [0, 0.05) is 16.6 Å². The number of nitro benzene ring substituents is 1. The van der Waals surface area contributed by atoms with Gasteiger partial charge < -0.3 is 9.84 Å². The van der Waals surface area contributed by atoms with Crippen molar-refractivity contribution < 1.29 is 19.2 Å². The number of ether oxygens (including phenoxy) is 1. The molecule has 21 heavy (non-hydrogen) atoms. The van der Waals surface area contributed by atoms with Gasteiger partial charge in [0.1, 0.15) is 11.5 Å². The molecule has 2 aromatic carbocycles.